The van der Waals surface area contributed by atoms with Crippen LogP contribution < -0.4 is 130 Å². The molecule has 0 rings (SSSR count). The van der Waals surface area contributed by atoms with E-state index in [1.54, 1.807) is 0 Å². The van der Waals surface area contributed by atoms with E-state index in [0.29, 0.717) is 38.6 Å². The summed E-state index contributed by atoms with van der Waals surface area (Å²) in [5.74, 6) is -25.4. The molecule has 0 fully saturated rings. The Bertz CT molecular complexity index is 4010. The lowest BCUT2D eigenvalue weighted by Gasteiger charge is -2.26. The fourth-order valence-corrected chi connectivity index (χ4v) is 11.8. The minimum Gasteiger partial charge on any atom is -0.481 e. The summed E-state index contributed by atoms with van der Waals surface area (Å²) >= 11 is 0. The fourth-order valence-electron chi connectivity index (χ4n) is 11.8. The molecule has 53 heteroatoms. The van der Waals surface area contributed by atoms with Crippen LogP contribution in [0.3, 0.4) is 0 Å². The number of unbranched alkanes of at least 4 members (excludes halogenated alkanes) is 4. The number of nitrogens with one attached hydrogen (secondary N) is 19. The summed E-state index contributed by atoms with van der Waals surface area (Å²) in [4.78, 5) is 314. The molecule has 0 heterocycles. The molecule has 0 aliphatic rings. The maximum absolute atomic E-state index is 14.1. The van der Waals surface area contributed by atoms with Crippen LogP contribution in [0.25, 0.3) is 0 Å². The molecule has 53 nitrogen and oxygen atoms in total. The van der Waals surface area contributed by atoms with E-state index in [2.05, 4.69) is 101 Å². The van der Waals surface area contributed by atoms with Crippen LogP contribution in [0.4, 0.5) is 0 Å². The third kappa shape index (κ3) is 48.7. The number of aliphatic carboxylic acids is 5. The Kier molecular flexibility index (Phi) is 57.1. The van der Waals surface area contributed by atoms with Crippen molar-refractivity contribution < 1.29 is 141 Å². The summed E-state index contributed by atoms with van der Waals surface area (Å²) in [5.41, 5.74) is 28.2. The third-order valence-electron chi connectivity index (χ3n) is 20.2. The molecule has 0 aromatic heterocycles. The number of hydrogen-bond acceptors (Lipinski definition) is 29. The number of carboxylic acid groups (broad SMARTS) is 5. The molecule has 0 saturated carbocycles. The summed E-state index contributed by atoms with van der Waals surface area (Å²) in [7, 11) is 0. The predicted octanol–water partition coefficient (Wildman–Crippen LogP) is -10.2. The second-order valence-electron chi connectivity index (χ2n) is 32.0. The van der Waals surface area contributed by atoms with Gasteiger partial charge in [-0.2, -0.15) is 0 Å². The summed E-state index contributed by atoms with van der Waals surface area (Å²) in [6.07, 6.45) is -2.41. The van der Waals surface area contributed by atoms with Crippen molar-refractivity contribution in [1.29, 1.82) is 0 Å². The molecule has 0 aliphatic heterocycles. The molecule has 0 bridgehead atoms. The van der Waals surface area contributed by atoms with E-state index < -0.39 is 308 Å². The zero-order valence-corrected chi connectivity index (χ0v) is 76.9. The first-order valence-corrected chi connectivity index (χ1v) is 43.6. The van der Waals surface area contributed by atoms with Gasteiger partial charge >= 0.3 is 29.8 Å². The number of amides is 19. The largest absolute Gasteiger partial charge is 0.481 e. The molecule has 0 unspecified atom stereocenters. The van der Waals surface area contributed by atoms with Gasteiger partial charge in [-0.1, -0.05) is 0 Å². The van der Waals surface area contributed by atoms with Gasteiger partial charge in [0, 0.05) is 25.7 Å². The lowest BCUT2D eigenvalue weighted by Crippen LogP contribution is -2.60. The van der Waals surface area contributed by atoms with Crippen LogP contribution in [0.1, 0.15) is 212 Å². The molecule has 19 amide bonds. The Balaban J connectivity index is 6.22. The first-order valence-electron chi connectivity index (χ1n) is 43.6. The number of carboxylic acids is 5. The number of carbonyl (C=O) groups excluding carboxylic acids is 19. The lowest BCUT2D eigenvalue weighted by atomic mass is 10.1. The van der Waals surface area contributed by atoms with Gasteiger partial charge in [-0.25, -0.2) is 4.79 Å². The molecule has 0 saturated heterocycles. The molecular formula is C80H138N24O29. The van der Waals surface area contributed by atoms with Crippen molar-refractivity contribution in [2.45, 2.75) is 332 Å². The van der Waals surface area contributed by atoms with E-state index in [0.717, 1.165) is 13.8 Å². The highest BCUT2D eigenvalue weighted by atomic mass is 16.4. The fraction of sp³-hybridized carbons (Fsp3) is 0.700. The average molecular weight is 1900 g/mol. The van der Waals surface area contributed by atoms with Crippen molar-refractivity contribution in [1.82, 2.24) is 101 Å². The highest BCUT2D eigenvalue weighted by Crippen LogP contribution is 2.12. The Hall–Kier alpha value is -12.9. The van der Waals surface area contributed by atoms with E-state index in [1.807, 2.05) is 0 Å². The molecule has 34 N–H and O–H groups in total. The minimum absolute atomic E-state index is 0.0647. The van der Waals surface area contributed by atoms with Crippen LogP contribution in [0, 0.1) is 0 Å². The monoisotopic (exact) mass is 1900 g/mol. The Morgan fingerprint density at radius 1 is 0.180 bits per heavy atom. The van der Waals surface area contributed by atoms with Crippen molar-refractivity contribution in [3.05, 3.63) is 0 Å². The van der Waals surface area contributed by atoms with Crippen molar-refractivity contribution in [2.75, 3.05) is 26.2 Å². The average Bonchev–Trinajstić information content (AvgIpc) is 0.868. The van der Waals surface area contributed by atoms with Crippen molar-refractivity contribution >= 4 is 142 Å². The molecular weight excluding hydrogens is 1760 g/mol. The van der Waals surface area contributed by atoms with Gasteiger partial charge in [0.15, 0.2) is 0 Å². The number of hydrogen-bond donors (Lipinski definition) is 29. The van der Waals surface area contributed by atoms with Crippen molar-refractivity contribution in [3.63, 3.8) is 0 Å². The van der Waals surface area contributed by atoms with Crippen LogP contribution >= 0.6 is 0 Å². The van der Waals surface area contributed by atoms with E-state index in [1.165, 1.54) is 69.2 Å². The minimum atomic E-state index is -1.73. The van der Waals surface area contributed by atoms with Gasteiger partial charge in [0.25, 0.3) is 0 Å². The van der Waals surface area contributed by atoms with Gasteiger partial charge in [-0.05, 0) is 212 Å². The van der Waals surface area contributed by atoms with Crippen molar-refractivity contribution in [3.8, 4) is 0 Å². The number of carbonyl (C=O) groups is 24. The van der Waals surface area contributed by atoms with Crippen LogP contribution in [0.2, 0.25) is 0 Å². The van der Waals surface area contributed by atoms with Crippen LogP contribution in [0.15, 0.2) is 0 Å². The van der Waals surface area contributed by atoms with E-state index in [4.69, 9.17) is 33.8 Å². The lowest BCUT2D eigenvalue weighted by molar-refractivity contribution is -0.142. The SMILES string of the molecule is C[C@H](NC(=O)[C@H](C)NC(=O)[C@H](CCC(=O)O)NC(=O)[C@H](CCCCN)NC(=O)[C@H](C)NC(=O)[C@H](C)NC(=O)[C@H](C)NC(=O)[C@H](CCC(=O)O)NC(=O)[C@H](CCCCN)NC(=O)[C@H](C)NC(=O)[C@H](C)NC(=O)[C@H](C)NC(=O)[C@H](CCC(=O)O)NC(=O)[C@H](CCCCN)NC(=O)[C@H](C)NC(=O)[C@H](C)NC(=O)[C@H](C)NC(=O)[C@@H](N)CCC(=O)O)C(=O)N[C@@H](C)C(=O)N[C@@H](CCCCN)C(=O)O. The molecule has 0 aliphatic carbocycles. The maximum Gasteiger partial charge on any atom is 0.326 e. The number of nitrogens with two attached hydrogens (primary N) is 5. The molecule has 0 spiro atoms. The molecule has 20 atom stereocenters. The zero-order valence-electron chi connectivity index (χ0n) is 76.9. The highest BCUT2D eigenvalue weighted by molar-refractivity contribution is 6.02. The quantitative estimate of drug-likeness (QED) is 0.0251. The second-order valence-corrected chi connectivity index (χ2v) is 32.0. The topological polar surface area (TPSA) is 870 Å². The number of rotatable bonds is 67. The zero-order chi connectivity index (χ0) is 102. The normalized spacial score (nSPS) is 15.5. The first-order chi connectivity index (χ1) is 62.2. The smallest absolute Gasteiger partial charge is 0.326 e. The summed E-state index contributed by atoms with van der Waals surface area (Å²) in [5, 5.41) is 92.0. The van der Waals surface area contributed by atoms with E-state index >= 15 is 0 Å². The molecule has 0 aromatic carbocycles. The Morgan fingerprint density at radius 3 is 0.496 bits per heavy atom. The van der Waals surface area contributed by atoms with E-state index in [9.17, 15) is 135 Å². The van der Waals surface area contributed by atoms with Gasteiger partial charge in [0.1, 0.15) is 115 Å². The predicted molar refractivity (Wildman–Crippen MR) is 469 cm³/mol. The first kappa shape index (κ1) is 120. The summed E-state index contributed by atoms with van der Waals surface area (Å²) < 4.78 is 0. The molecule has 133 heavy (non-hydrogen) atoms. The molecule has 0 radical (unpaired) electrons. The van der Waals surface area contributed by atoms with Gasteiger partial charge in [0.2, 0.25) is 112 Å². The van der Waals surface area contributed by atoms with Gasteiger partial charge in [-0.15, -0.1) is 0 Å². The van der Waals surface area contributed by atoms with Gasteiger partial charge < -0.3 is 155 Å². The summed E-state index contributed by atoms with van der Waals surface area (Å²) in [6.45, 7) is 15.2. The van der Waals surface area contributed by atoms with Crippen LogP contribution in [-0.2, 0) is 115 Å². The maximum atomic E-state index is 14.1. The summed E-state index contributed by atoms with van der Waals surface area (Å²) in [6, 6.07) is -29.2. The second kappa shape index (κ2) is 63.2. The highest BCUT2D eigenvalue weighted by Gasteiger charge is 2.38. The van der Waals surface area contributed by atoms with Gasteiger partial charge in [0.05, 0.1) is 6.04 Å². The van der Waals surface area contributed by atoms with Gasteiger partial charge in [-0.3, -0.25) is 110 Å². The standard InChI is InChI=1S/C80H138N24O29/c1-37(86-65(117)41(5)94-73(125)49(85)25-29-57(105)106)61(113)90-45(9)69(121)98-50(21-13-17-33-81)77(129)101-53(26-30-58(107)108)74(126)95-42(6)66(118)87-38(2)62(114)91-46(10)70(122)99-51(22-14-18-34-82)78(130)102-54(27-31-59(109)110)75(127)96-43(7)67(119)88-39(3)63(115)92-47(11)71(123)100-52(23-15-19-35-83)79(131)103-55(28-32-60(111)112)76(128)97-44(8)68(120)89-40(4)64(116)93-48(12)72(124)104-56(80(132)133)24-16-20-36-84/h37-56H,13-36,81-85H2,1-12H3,(H,86,117)(H,87,118)(H,88,119)(H,89,120)(H,90,113)(H,91,114)(H,92,115)(H,93,116)(H,94,125)(H,95,126)(H,96,127)(H,97,128)(H,98,121)(H,99,122)(H,100,123)(H,101,129)(H,102,130)(H,103,131)(H,104,124)(H,105,106)(H,107,108)(H,109,110)(H,111,112)(H,132,133)/t37-,38-,39-,40-,41-,42-,43-,44-,45-,46-,47-,48-,49-,50-,51-,52-,53-,54-,55-,56-/m0/s1. The third-order valence-corrected chi connectivity index (χ3v) is 20.2. The Morgan fingerprint density at radius 2 is 0.316 bits per heavy atom. The van der Waals surface area contributed by atoms with Crippen molar-refractivity contribution in [2.24, 2.45) is 28.7 Å². The van der Waals surface area contributed by atoms with E-state index in [-0.39, 0.29) is 71.0 Å². The molecule has 752 valence electrons. The van der Waals surface area contributed by atoms with Crippen LogP contribution in [0.5, 0.6) is 0 Å². The van der Waals surface area contributed by atoms with Crippen LogP contribution in [-0.4, -0.2) is 315 Å². The Labute approximate surface area is 768 Å². The molecule has 0 aromatic rings.